The minimum Gasteiger partial charge on any atom is -0.381 e. The molecule has 2 rings (SSSR count). The quantitative estimate of drug-likeness (QED) is 0.502. The van der Waals surface area contributed by atoms with Crippen molar-refractivity contribution in [2.75, 3.05) is 5.32 Å². The van der Waals surface area contributed by atoms with Gasteiger partial charge in [-0.25, -0.2) is 0 Å². The number of nitrogens with two attached hydrogens (primary N) is 1. The average molecular weight is 308 g/mol. The molecule has 0 aliphatic rings. The summed E-state index contributed by atoms with van der Waals surface area (Å²) in [4.78, 5) is 17.2. The van der Waals surface area contributed by atoms with Gasteiger partial charge >= 0.3 is 0 Å². The number of nitrogens with one attached hydrogen (secondary N) is 1. The third kappa shape index (κ3) is 4.58. The number of amides is 1. The summed E-state index contributed by atoms with van der Waals surface area (Å²) in [6.45, 7) is 1.56. The second-order valence-electron chi connectivity index (χ2n) is 4.77. The molecule has 0 radical (unpaired) electrons. The van der Waals surface area contributed by atoms with Crippen LogP contribution < -0.4 is 11.1 Å². The molecule has 0 fully saturated rings. The zero-order chi connectivity index (χ0) is 16.7. The molecule has 0 spiro atoms. The summed E-state index contributed by atoms with van der Waals surface area (Å²) in [5.41, 5.74) is 7.48. The second-order valence-corrected chi connectivity index (χ2v) is 4.77. The number of benzene rings is 2. The highest BCUT2D eigenvalue weighted by Gasteiger charge is 2.15. The van der Waals surface area contributed by atoms with E-state index in [4.69, 9.17) is 15.8 Å². The monoisotopic (exact) mass is 308 g/mol. The second kappa shape index (κ2) is 7.61. The fraction of sp³-hybridized carbons (Fsp3) is 0.118. The van der Waals surface area contributed by atoms with E-state index in [-0.39, 0.29) is 11.7 Å². The Morgan fingerprint density at radius 1 is 1.26 bits per heavy atom. The highest BCUT2D eigenvalue weighted by molar-refractivity contribution is 5.97. The standard InChI is InChI=1S/C17H16N4O2/c1-12(23-21-16(19)14-7-3-2-4-8-14)17(22)20-15-9-5-6-13(10-15)11-18/h2-10,12H,1H3,(H2,19,21)(H,20,22). The van der Waals surface area contributed by atoms with Gasteiger partial charge in [0.15, 0.2) is 5.84 Å². The Balaban J connectivity index is 1.96. The van der Waals surface area contributed by atoms with E-state index in [2.05, 4.69) is 10.5 Å². The molecule has 0 aromatic heterocycles. The molecular weight excluding hydrogens is 292 g/mol. The van der Waals surface area contributed by atoms with Crippen LogP contribution in [-0.4, -0.2) is 17.8 Å². The summed E-state index contributed by atoms with van der Waals surface area (Å²) in [5, 5.41) is 15.3. The van der Waals surface area contributed by atoms with Gasteiger partial charge in [0, 0.05) is 11.3 Å². The van der Waals surface area contributed by atoms with Gasteiger partial charge in [-0.05, 0) is 25.1 Å². The van der Waals surface area contributed by atoms with Gasteiger partial charge in [0.1, 0.15) is 0 Å². The molecule has 0 bridgehead atoms. The van der Waals surface area contributed by atoms with Crippen LogP contribution in [0.2, 0.25) is 0 Å². The summed E-state index contributed by atoms with van der Waals surface area (Å²) in [6.07, 6.45) is -0.831. The molecule has 0 aliphatic carbocycles. The van der Waals surface area contributed by atoms with E-state index in [0.29, 0.717) is 16.8 Å². The van der Waals surface area contributed by atoms with Crippen molar-refractivity contribution >= 4 is 17.4 Å². The number of carbonyl (C=O) groups is 1. The molecule has 0 saturated carbocycles. The summed E-state index contributed by atoms with van der Waals surface area (Å²) in [5.74, 6) is -0.193. The maximum Gasteiger partial charge on any atom is 0.267 e. The van der Waals surface area contributed by atoms with Crippen molar-refractivity contribution in [1.82, 2.24) is 0 Å². The first-order valence-electron chi connectivity index (χ1n) is 6.96. The highest BCUT2D eigenvalue weighted by Crippen LogP contribution is 2.10. The fourth-order valence-electron chi connectivity index (χ4n) is 1.76. The smallest absolute Gasteiger partial charge is 0.267 e. The number of amidine groups is 1. The van der Waals surface area contributed by atoms with Crippen LogP contribution in [0.1, 0.15) is 18.1 Å². The topological polar surface area (TPSA) is 100 Å². The maximum absolute atomic E-state index is 12.0. The zero-order valence-electron chi connectivity index (χ0n) is 12.6. The molecule has 116 valence electrons. The Hall–Kier alpha value is -3.33. The lowest BCUT2D eigenvalue weighted by Gasteiger charge is -2.11. The lowest BCUT2D eigenvalue weighted by Crippen LogP contribution is -2.27. The third-order valence-corrected chi connectivity index (χ3v) is 3.01. The number of nitriles is 1. The highest BCUT2D eigenvalue weighted by atomic mass is 16.6. The minimum absolute atomic E-state index is 0.191. The third-order valence-electron chi connectivity index (χ3n) is 3.01. The Kier molecular flexibility index (Phi) is 5.31. The van der Waals surface area contributed by atoms with Crippen LogP contribution >= 0.6 is 0 Å². The Bertz CT molecular complexity index is 751. The molecule has 0 heterocycles. The van der Waals surface area contributed by atoms with E-state index in [1.165, 1.54) is 0 Å². The molecule has 3 N–H and O–H groups in total. The van der Waals surface area contributed by atoms with Gasteiger partial charge in [0.2, 0.25) is 6.10 Å². The van der Waals surface area contributed by atoms with Gasteiger partial charge in [-0.2, -0.15) is 5.26 Å². The van der Waals surface area contributed by atoms with Gasteiger partial charge in [-0.3, -0.25) is 4.79 Å². The first kappa shape index (κ1) is 16.0. The lowest BCUT2D eigenvalue weighted by atomic mass is 10.2. The molecule has 2 aromatic rings. The molecular formula is C17H16N4O2. The molecule has 23 heavy (non-hydrogen) atoms. The summed E-state index contributed by atoms with van der Waals surface area (Å²) in [6, 6.07) is 17.7. The van der Waals surface area contributed by atoms with Crippen molar-refractivity contribution < 1.29 is 9.63 Å². The number of anilines is 1. The molecule has 0 aliphatic heterocycles. The molecule has 2 aromatic carbocycles. The van der Waals surface area contributed by atoms with E-state index in [0.717, 1.165) is 0 Å². The van der Waals surface area contributed by atoms with E-state index >= 15 is 0 Å². The van der Waals surface area contributed by atoms with Crippen LogP contribution in [0.4, 0.5) is 5.69 Å². The van der Waals surface area contributed by atoms with Gasteiger partial charge in [-0.15, -0.1) is 0 Å². The predicted octanol–water partition coefficient (Wildman–Crippen LogP) is 2.22. The molecule has 0 saturated heterocycles. The van der Waals surface area contributed by atoms with Crippen LogP contribution in [0.5, 0.6) is 0 Å². The lowest BCUT2D eigenvalue weighted by molar-refractivity contribution is -0.126. The van der Waals surface area contributed by atoms with Crippen molar-refractivity contribution in [1.29, 1.82) is 5.26 Å². The molecule has 6 nitrogen and oxygen atoms in total. The van der Waals surface area contributed by atoms with E-state index in [1.54, 1.807) is 43.3 Å². The van der Waals surface area contributed by atoms with Crippen molar-refractivity contribution in [3.05, 3.63) is 65.7 Å². The summed E-state index contributed by atoms with van der Waals surface area (Å²) >= 11 is 0. The van der Waals surface area contributed by atoms with Gasteiger partial charge in [0.25, 0.3) is 5.91 Å². The van der Waals surface area contributed by atoms with Crippen LogP contribution in [0.15, 0.2) is 59.8 Å². The Labute approximate surface area is 134 Å². The minimum atomic E-state index is -0.831. The number of carbonyl (C=O) groups excluding carboxylic acids is 1. The Morgan fingerprint density at radius 3 is 2.70 bits per heavy atom. The summed E-state index contributed by atoms with van der Waals surface area (Å²) in [7, 11) is 0. The Morgan fingerprint density at radius 2 is 2.00 bits per heavy atom. The van der Waals surface area contributed by atoms with Crippen molar-refractivity contribution in [3.8, 4) is 6.07 Å². The zero-order valence-corrected chi connectivity index (χ0v) is 12.6. The van der Waals surface area contributed by atoms with Crippen molar-refractivity contribution in [2.24, 2.45) is 10.9 Å². The maximum atomic E-state index is 12.0. The molecule has 1 atom stereocenters. The fourth-order valence-corrected chi connectivity index (χ4v) is 1.76. The number of oxime groups is 1. The molecule has 6 heteroatoms. The average Bonchev–Trinajstić information content (AvgIpc) is 2.60. The van der Waals surface area contributed by atoms with Crippen LogP contribution in [0.25, 0.3) is 0 Å². The number of hydrogen-bond acceptors (Lipinski definition) is 4. The number of rotatable bonds is 5. The van der Waals surface area contributed by atoms with E-state index < -0.39 is 6.10 Å². The van der Waals surface area contributed by atoms with Crippen LogP contribution in [0, 0.1) is 11.3 Å². The van der Waals surface area contributed by atoms with E-state index in [9.17, 15) is 4.79 Å². The predicted molar refractivity (Wildman–Crippen MR) is 87.5 cm³/mol. The summed E-state index contributed by atoms with van der Waals surface area (Å²) < 4.78 is 0. The first-order valence-corrected chi connectivity index (χ1v) is 6.96. The van der Waals surface area contributed by atoms with E-state index in [1.807, 2.05) is 24.3 Å². The number of hydrogen-bond donors (Lipinski definition) is 2. The number of nitrogens with zero attached hydrogens (tertiary/aromatic N) is 2. The van der Waals surface area contributed by atoms with Crippen LogP contribution in [0.3, 0.4) is 0 Å². The van der Waals surface area contributed by atoms with Gasteiger partial charge in [-0.1, -0.05) is 41.6 Å². The molecule has 1 amide bonds. The van der Waals surface area contributed by atoms with Crippen molar-refractivity contribution in [2.45, 2.75) is 13.0 Å². The SMILES string of the molecule is CC(O/N=C(\N)c1ccccc1)C(=O)Nc1cccc(C#N)c1. The van der Waals surface area contributed by atoms with Gasteiger partial charge < -0.3 is 15.9 Å². The van der Waals surface area contributed by atoms with Crippen LogP contribution in [-0.2, 0) is 9.63 Å². The first-order chi connectivity index (χ1) is 11.1. The molecule has 1 unspecified atom stereocenters. The normalized spacial score (nSPS) is 12.1. The van der Waals surface area contributed by atoms with Crippen molar-refractivity contribution in [3.63, 3.8) is 0 Å². The largest absolute Gasteiger partial charge is 0.381 e. The van der Waals surface area contributed by atoms with Gasteiger partial charge in [0.05, 0.1) is 11.6 Å².